The smallest absolute Gasteiger partial charge is 0.236 e. The van der Waals surface area contributed by atoms with E-state index in [4.69, 9.17) is 0 Å². The monoisotopic (exact) mass is 374 g/mol. The minimum atomic E-state index is -3.40. The number of nitrogens with zero attached hydrogens (tertiary/aromatic N) is 6. The number of rotatable bonds is 6. The van der Waals surface area contributed by atoms with Gasteiger partial charge in [0.1, 0.15) is 0 Å². The van der Waals surface area contributed by atoms with E-state index < -0.39 is 10.0 Å². The average Bonchev–Trinajstić information content (AvgIpc) is 3.41. The number of piperazine rings is 1. The van der Waals surface area contributed by atoms with Gasteiger partial charge in [-0.1, -0.05) is 30.3 Å². The van der Waals surface area contributed by atoms with Crippen LogP contribution in [0.15, 0.2) is 35.7 Å². The summed E-state index contributed by atoms with van der Waals surface area (Å²) in [4.78, 5) is 2.21. The molecular formula is C17H22N6O2S. The Kier molecular flexibility index (Phi) is 4.84. The van der Waals surface area contributed by atoms with Crippen LogP contribution >= 0.6 is 0 Å². The highest BCUT2D eigenvalue weighted by molar-refractivity contribution is 7.92. The van der Waals surface area contributed by atoms with Crippen molar-refractivity contribution in [3.05, 3.63) is 47.1 Å². The summed E-state index contributed by atoms with van der Waals surface area (Å²) >= 11 is 0. The quantitative estimate of drug-likeness (QED) is 0.754. The van der Waals surface area contributed by atoms with E-state index in [1.165, 1.54) is 9.71 Å². The van der Waals surface area contributed by atoms with Crippen LogP contribution in [0.1, 0.15) is 30.3 Å². The highest BCUT2D eigenvalue weighted by Gasteiger charge is 2.30. The van der Waals surface area contributed by atoms with Gasteiger partial charge in [0.2, 0.25) is 10.0 Å². The first-order valence-electron chi connectivity index (χ1n) is 8.84. The van der Waals surface area contributed by atoms with Crippen molar-refractivity contribution >= 4 is 16.1 Å². The first-order chi connectivity index (χ1) is 12.6. The molecule has 4 rings (SSSR count). The number of benzene rings is 1. The zero-order valence-corrected chi connectivity index (χ0v) is 15.3. The van der Waals surface area contributed by atoms with Crippen molar-refractivity contribution in [2.24, 2.45) is 0 Å². The highest BCUT2D eigenvalue weighted by Crippen LogP contribution is 2.34. The van der Waals surface area contributed by atoms with Crippen LogP contribution in [-0.4, -0.2) is 64.0 Å². The topological polar surface area (TPSA) is 84.2 Å². The van der Waals surface area contributed by atoms with Gasteiger partial charge < -0.3 is 0 Å². The summed E-state index contributed by atoms with van der Waals surface area (Å²) in [6.45, 7) is 2.97. The lowest BCUT2D eigenvalue weighted by molar-refractivity contribution is 0.176. The fourth-order valence-electron chi connectivity index (χ4n) is 3.08. The van der Waals surface area contributed by atoms with E-state index in [1.807, 2.05) is 35.0 Å². The molecule has 0 bridgehead atoms. The van der Waals surface area contributed by atoms with E-state index in [2.05, 4.69) is 20.4 Å². The maximum atomic E-state index is 12.5. The number of tetrazole rings is 1. The van der Waals surface area contributed by atoms with Gasteiger partial charge in [0.15, 0.2) is 5.82 Å². The van der Waals surface area contributed by atoms with Gasteiger partial charge in [-0.3, -0.25) is 4.90 Å². The zero-order chi connectivity index (χ0) is 18.0. The van der Waals surface area contributed by atoms with Gasteiger partial charge >= 0.3 is 0 Å². The third-order valence-electron chi connectivity index (χ3n) is 4.74. The molecule has 1 aromatic heterocycles. The van der Waals surface area contributed by atoms with E-state index in [1.54, 1.807) is 6.08 Å². The van der Waals surface area contributed by atoms with E-state index in [0.717, 1.165) is 24.2 Å². The standard InChI is InChI=1S/C17H22N6O2S/c24-26(25,13-8-15-4-2-1-3-5-15)22-11-9-21(10-12-22)14-17-18-19-20-23(17)16-6-7-16/h1-5,8,13,16H,6-7,9-12,14H2/b13-8+. The fraction of sp³-hybridized carbons (Fsp3) is 0.471. The van der Waals surface area contributed by atoms with Gasteiger partial charge in [0.25, 0.3) is 0 Å². The summed E-state index contributed by atoms with van der Waals surface area (Å²) in [5, 5.41) is 13.3. The Morgan fingerprint density at radius 2 is 1.81 bits per heavy atom. The molecule has 2 fully saturated rings. The van der Waals surface area contributed by atoms with Gasteiger partial charge in [-0.15, -0.1) is 5.10 Å². The molecule has 1 aromatic carbocycles. The van der Waals surface area contributed by atoms with Crippen molar-refractivity contribution in [1.82, 2.24) is 29.4 Å². The van der Waals surface area contributed by atoms with Crippen molar-refractivity contribution in [2.45, 2.75) is 25.4 Å². The fourth-order valence-corrected chi connectivity index (χ4v) is 4.25. The molecule has 0 atom stereocenters. The van der Waals surface area contributed by atoms with Gasteiger partial charge in [-0.2, -0.15) is 4.31 Å². The average molecular weight is 374 g/mol. The first-order valence-corrected chi connectivity index (χ1v) is 10.3. The summed E-state index contributed by atoms with van der Waals surface area (Å²) in [5.74, 6) is 0.868. The minimum Gasteiger partial charge on any atom is -0.293 e. The van der Waals surface area contributed by atoms with Crippen LogP contribution in [0.5, 0.6) is 0 Å². The Balaban J connectivity index is 1.34. The molecule has 26 heavy (non-hydrogen) atoms. The summed E-state index contributed by atoms with van der Waals surface area (Å²) in [6, 6.07) is 9.90. The summed E-state index contributed by atoms with van der Waals surface area (Å²) in [7, 11) is -3.40. The molecule has 1 saturated carbocycles. The Labute approximate surface area is 153 Å². The molecule has 1 saturated heterocycles. The van der Waals surface area contributed by atoms with Crippen LogP contribution < -0.4 is 0 Å². The van der Waals surface area contributed by atoms with Crippen LogP contribution in [0, 0.1) is 0 Å². The number of hydrogen-bond donors (Lipinski definition) is 0. The minimum absolute atomic E-state index is 0.449. The molecule has 2 heterocycles. The van der Waals surface area contributed by atoms with Crippen LogP contribution in [0.2, 0.25) is 0 Å². The lowest BCUT2D eigenvalue weighted by atomic mass is 10.2. The number of aromatic nitrogens is 4. The zero-order valence-electron chi connectivity index (χ0n) is 14.5. The maximum Gasteiger partial charge on any atom is 0.236 e. The normalized spacial score (nSPS) is 20.0. The van der Waals surface area contributed by atoms with Crippen molar-refractivity contribution in [1.29, 1.82) is 0 Å². The van der Waals surface area contributed by atoms with Crippen molar-refractivity contribution < 1.29 is 8.42 Å². The third kappa shape index (κ3) is 4.00. The van der Waals surface area contributed by atoms with E-state index >= 15 is 0 Å². The second kappa shape index (κ2) is 7.26. The molecular weight excluding hydrogens is 352 g/mol. The molecule has 0 radical (unpaired) electrons. The number of sulfonamides is 1. The van der Waals surface area contributed by atoms with E-state index in [-0.39, 0.29) is 0 Å². The van der Waals surface area contributed by atoms with Crippen LogP contribution in [0.4, 0.5) is 0 Å². The third-order valence-corrected chi connectivity index (χ3v) is 6.31. The molecule has 1 aliphatic heterocycles. The molecule has 0 unspecified atom stereocenters. The molecule has 1 aliphatic carbocycles. The van der Waals surface area contributed by atoms with Gasteiger partial charge in [-0.25, -0.2) is 13.1 Å². The Morgan fingerprint density at radius 1 is 1.08 bits per heavy atom. The predicted molar refractivity (Wildman–Crippen MR) is 97.3 cm³/mol. The van der Waals surface area contributed by atoms with Crippen LogP contribution in [0.3, 0.4) is 0 Å². The lowest BCUT2D eigenvalue weighted by Gasteiger charge is -2.32. The van der Waals surface area contributed by atoms with Crippen LogP contribution in [-0.2, 0) is 16.6 Å². The van der Waals surface area contributed by atoms with Crippen molar-refractivity contribution in [3.8, 4) is 0 Å². The molecule has 138 valence electrons. The molecule has 0 spiro atoms. The molecule has 0 N–H and O–H groups in total. The van der Waals surface area contributed by atoms with E-state index in [9.17, 15) is 8.42 Å². The molecule has 9 heteroatoms. The van der Waals surface area contributed by atoms with E-state index in [0.29, 0.717) is 38.8 Å². The maximum absolute atomic E-state index is 12.5. The van der Waals surface area contributed by atoms with Gasteiger partial charge in [0, 0.05) is 31.6 Å². The summed E-state index contributed by atoms with van der Waals surface area (Å²) < 4.78 is 28.5. The van der Waals surface area contributed by atoms with Crippen molar-refractivity contribution in [2.75, 3.05) is 26.2 Å². The Bertz CT molecular complexity index is 868. The second-order valence-corrected chi connectivity index (χ2v) is 8.52. The summed E-state index contributed by atoms with van der Waals surface area (Å²) in [5.41, 5.74) is 0.877. The first kappa shape index (κ1) is 17.3. The number of hydrogen-bond acceptors (Lipinski definition) is 6. The second-order valence-electron chi connectivity index (χ2n) is 6.70. The Hall–Kier alpha value is -2.10. The summed E-state index contributed by atoms with van der Waals surface area (Å²) in [6.07, 6.45) is 3.92. The van der Waals surface area contributed by atoms with Gasteiger partial charge in [0.05, 0.1) is 12.6 Å². The SMILES string of the molecule is O=S(=O)(/C=C/c1ccccc1)N1CCN(Cc2nnnn2C2CC2)CC1. The lowest BCUT2D eigenvalue weighted by Crippen LogP contribution is -2.47. The Morgan fingerprint density at radius 3 is 2.50 bits per heavy atom. The van der Waals surface area contributed by atoms with Gasteiger partial charge in [-0.05, 0) is 34.9 Å². The largest absolute Gasteiger partial charge is 0.293 e. The highest BCUT2D eigenvalue weighted by atomic mass is 32.2. The molecule has 0 amide bonds. The molecule has 2 aromatic rings. The molecule has 8 nitrogen and oxygen atoms in total. The van der Waals surface area contributed by atoms with Crippen LogP contribution in [0.25, 0.3) is 6.08 Å². The van der Waals surface area contributed by atoms with Crippen molar-refractivity contribution in [3.63, 3.8) is 0 Å². The molecule has 2 aliphatic rings. The predicted octanol–water partition coefficient (Wildman–Crippen LogP) is 1.13.